The van der Waals surface area contributed by atoms with Gasteiger partial charge in [-0.15, -0.1) is 0 Å². The molecule has 12 rings (SSSR count). The quantitative estimate of drug-likeness (QED) is 0.161. The largest absolute Gasteiger partial charge is 0.456 e. The predicted molar refractivity (Wildman–Crippen MR) is 254 cm³/mol. The maximum Gasteiger partial charge on any atom is 0.164 e. The lowest BCUT2D eigenvalue weighted by Crippen LogP contribution is -2.01. The van der Waals surface area contributed by atoms with Crippen molar-refractivity contribution in [2.75, 3.05) is 0 Å². The van der Waals surface area contributed by atoms with E-state index in [1.54, 1.807) is 0 Å². The Bertz CT molecular complexity index is 3470. The SMILES string of the molecule is C1=CC(c2ccc(-c3ccc4oc5cccc(-c6nc(-c7ccccc7)nc(-c7ccccc7)n6)c5c4c3)cc2)CC(c2ccc3c(c2)c2ccccc2n3-c2ccccc2)=C1. The fraction of sp³-hybridized carbons (Fsp3) is 0.0351. The summed E-state index contributed by atoms with van der Waals surface area (Å²) in [6.45, 7) is 0. The molecule has 1 aliphatic rings. The van der Waals surface area contributed by atoms with Crippen molar-refractivity contribution in [3.8, 4) is 51.0 Å². The molecule has 0 saturated heterocycles. The molecule has 5 heteroatoms. The molecule has 292 valence electrons. The molecule has 0 spiro atoms. The highest BCUT2D eigenvalue weighted by Gasteiger charge is 2.20. The minimum absolute atomic E-state index is 0.273. The number of para-hydroxylation sites is 2. The van der Waals surface area contributed by atoms with Crippen LogP contribution in [0.1, 0.15) is 23.5 Å². The number of benzene rings is 8. The first-order valence-electron chi connectivity index (χ1n) is 21.1. The second-order valence-electron chi connectivity index (χ2n) is 16.0. The molecule has 1 atom stereocenters. The van der Waals surface area contributed by atoms with Crippen LogP contribution >= 0.6 is 0 Å². The fourth-order valence-corrected chi connectivity index (χ4v) is 9.19. The molecule has 8 aromatic carbocycles. The van der Waals surface area contributed by atoms with Gasteiger partial charge in [0.25, 0.3) is 0 Å². The van der Waals surface area contributed by atoms with Gasteiger partial charge in [0, 0.05) is 49.8 Å². The van der Waals surface area contributed by atoms with Crippen molar-refractivity contribution in [1.29, 1.82) is 0 Å². The van der Waals surface area contributed by atoms with E-state index in [4.69, 9.17) is 19.4 Å². The van der Waals surface area contributed by atoms with Gasteiger partial charge in [-0.2, -0.15) is 0 Å². The van der Waals surface area contributed by atoms with Crippen molar-refractivity contribution in [2.45, 2.75) is 12.3 Å². The molecule has 0 aliphatic heterocycles. The molecule has 1 aliphatic carbocycles. The summed E-state index contributed by atoms with van der Waals surface area (Å²) >= 11 is 0. The molecule has 3 aromatic heterocycles. The van der Waals surface area contributed by atoms with Crippen LogP contribution in [0.2, 0.25) is 0 Å². The van der Waals surface area contributed by atoms with Crippen LogP contribution in [-0.4, -0.2) is 19.5 Å². The van der Waals surface area contributed by atoms with Gasteiger partial charge in [0.15, 0.2) is 17.5 Å². The van der Waals surface area contributed by atoms with E-state index in [0.717, 1.165) is 56.2 Å². The zero-order chi connectivity index (χ0) is 41.0. The summed E-state index contributed by atoms with van der Waals surface area (Å²) in [7, 11) is 0. The maximum atomic E-state index is 6.46. The third-order valence-corrected chi connectivity index (χ3v) is 12.2. The summed E-state index contributed by atoms with van der Waals surface area (Å²) in [6.07, 6.45) is 7.77. The Kier molecular flexibility index (Phi) is 8.56. The van der Waals surface area contributed by atoms with Crippen LogP contribution in [0.4, 0.5) is 0 Å². The minimum atomic E-state index is 0.273. The molecule has 0 saturated carbocycles. The fourth-order valence-electron chi connectivity index (χ4n) is 9.19. The summed E-state index contributed by atoms with van der Waals surface area (Å²) in [5.41, 5.74) is 14.2. The highest BCUT2D eigenvalue weighted by Crippen LogP contribution is 2.41. The van der Waals surface area contributed by atoms with Crippen molar-refractivity contribution in [1.82, 2.24) is 19.5 Å². The van der Waals surface area contributed by atoms with E-state index in [1.165, 1.54) is 44.2 Å². The Labute approximate surface area is 358 Å². The molecule has 0 bridgehead atoms. The van der Waals surface area contributed by atoms with E-state index < -0.39 is 0 Å². The Morgan fingerprint density at radius 2 is 1.08 bits per heavy atom. The second kappa shape index (κ2) is 14.8. The lowest BCUT2D eigenvalue weighted by Gasteiger charge is -2.20. The number of hydrogen-bond donors (Lipinski definition) is 0. The third-order valence-electron chi connectivity index (χ3n) is 12.2. The second-order valence-corrected chi connectivity index (χ2v) is 16.0. The first-order chi connectivity index (χ1) is 30.7. The standard InChI is InChI=1S/C57H38N4O/c1-4-14-39(15-5-1)55-58-56(40-16-6-2-7-17-40)60-57(59-55)47-23-13-25-53-54(47)49-36-43(31-33-52(49)62-53)38-28-26-37(27-29-38)41-18-12-19-42(34-41)44-30-32-51-48(35-44)46-22-10-11-24-50(46)61(51)45-20-8-3-9-21-45/h1-33,35-36,41H,34H2. The normalized spacial score (nSPS) is 13.9. The average molecular weight is 795 g/mol. The number of furan rings is 1. The van der Waals surface area contributed by atoms with Crippen molar-refractivity contribution in [3.63, 3.8) is 0 Å². The Morgan fingerprint density at radius 3 is 1.84 bits per heavy atom. The summed E-state index contributed by atoms with van der Waals surface area (Å²) in [5, 5.41) is 4.55. The molecular weight excluding hydrogens is 757 g/mol. The third kappa shape index (κ3) is 6.22. The van der Waals surface area contributed by atoms with Crippen LogP contribution < -0.4 is 0 Å². The maximum absolute atomic E-state index is 6.46. The summed E-state index contributed by atoms with van der Waals surface area (Å²) in [5.74, 6) is 2.14. The topological polar surface area (TPSA) is 56.7 Å². The highest BCUT2D eigenvalue weighted by atomic mass is 16.3. The molecule has 0 N–H and O–H groups in total. The van der Waals surface area contributed by atoms with E-state index in [0.29, 0.717) is 17.5 Å². The zero-order valence-electron chi connectivity index (χ0n) is 33.7. The summed E-state index contributed by atoms with van der Waals surface area (Å²) in [4.78, 5) is 15.0. The van der Waals surface area contributed by atoms with Gasteiger partial charge < -0.3 is 8.98 Å². The van der Waals surface area contributed by atoms with E-state index in [-0.39, 0.29) is 5.92 Å². The van der Waals surface area contributed by atoms with Crippen LogP contribution in [0.15, 0.2) is 217 Å². The van der Waals surface area contributed by atoms with Crippen LogP contribution in [-0.2, 0) is 0 Å². The van der Waals surface area contributed by atoms with Crippen molar-refractivity contribution < 1.29 is 4.42 Å². The Balaban J connectivity index is 0.863. The molecule has 5 nitrogen and oxygen atoms in total. The first kappa shape index (κ1) is 35.8. The zero-order valence-corrected chi connectivity index (χ0v) is 33.7. The molecule has 0 fully saturated rings. The summed E-state index contributed by atoms with van der Waals surface area (Å²) < 4.78 is 8.83. The van der Waals surface area contributed by atoms with Gasteiger partial charge in [0.1, 0.15) is 11.2 Å². The lowest BCUT2D eigenvalue weighted by molar-refractivity contribution is 0.669. The number of allylic oxidation sites excluding steroid dienone is 4. The smallest absolute Gasteiger partial charge is 0.164 e. The van der Waals surface area contributed by atoms with Crippen LogP contribution in [0.25, 0.3) is 100 Å². The number of fused-ring (bicyclic) bond motifs is 6. The average Bonchev–Trinajstić information content (AvgIpc) is 3.90. The van der Waals surface area contributed by atoms with E-state index in [2.05, 4.69) is 144 Å². The molecule has 11 aromatic rings. The number of nitrogens with zero attached hydrogens (tertiary/aromatic N) is 4. The van der Waals surface area contributed by atoms with Crippen molar-refractivity contribution in [3.05, 3.63) is 223 Å². The minimum Gasteiger partial charge on any atom is -0.456 e. The van der Waals surface area contributed by atoms with Crippen LogP contribution in [0.3, 0.4) is 0 Å². The Morgan fingerprint density at radius 1 is 0.452 bits per heavy atom. The van der Waals surface area contributed by atoms with Crippen LogP contribution in [0, 0.1) is 0 Å². The Hall–Kier alpha value is -8.15. The number of aromatic nitrogens is 4. The monoisotopic (exact) mass is 794 g/mol. The molecule has 62 heavy (non-hydrogen) atoms. The van der Waals surface area contributed by atoms with E-state index in [1.807, 2.05) is 72.8 Å². The van der Waals surface area contributed by atoms with Gasteiger partial charge in [-0.05, 0) is 82.8 Å². The van der Waals surface area contributed by atoms with Gasteiger partial charge in [-0.1, -0.05) is 164 Å². The summed E-state index contributed by atoms with van der Waals surface area (Å²) in [6, 6.07) is 68.2. The van der Waals surface area contributed by atoms with Crippen molar-refractivity contribution >= 4 is 49.3 Å². The van der Waals surface area contributed by atoms with E-state index in [9.17, 15) is 0 Å². The van der Waals surface area contributed by atoms with Crippen LogP contribution in [0.5, 0.6) is 0 Å². The van der Waals surface area contributed by atoms with E-state index >= 15 is 0 Å². The first-order valence-corrected chi connectivity index (χ1v) is 21.1. The number of rotatable bonds is 7. The lowest BCUT2D eigenvalue weighted by atomic mass is 9.85. The molecule has 3 heterocycles. The molecule has 1 unspecified atom stereocenters. The molecule has 0 amide bonds. The van der Waals surface area contributed by atoms with Gasteiger partial charge >= 0.3 is 0 Å². The van der Waals surface area contributed by atoms with Gasteiger partial charge in [0.2, 0.25) is 0 Å². The molecular formula is C57H38N4O. The van der Waals surface area contributed by atoms with Crippen molar-refractivity contribution in [2.24, 2.45) is 0 Å². The highest BCUT2D eigenvalue weighted by molar-refractivity contribution is 6.13. The van der Waals surface area contributed by atoms with Gasteiger partial charge in [-0.25, -0.2) is 15.0 Å². The number of hydrogen-bond acceptors (Lipinski definition) is 4. The van der Waals surface area contributed by atoms with Gasteiger partial charge in [0.05, 0.1) is 11.0 Å². The predicted octanol–water partition coefficient (Wildman–Crippen LogP) is 14.7. The molecule has 0 radical (unpaired) electrons. The van der Waals surface area contributed by atoms with Gasteiger partial charge in [-0.3, -0.25) is 0 Å².